The van der Waals surface area contributed by atoms with Crippen LogP contribution < -0.4 is 10.2 Å². The minimum atomic E-state index is -0.200. The maximum Gasteiger partial charge on any atom is 0.228 e. The minimum Gasteiger partial charge on any atom is -0.314 e. The van der Waals surface area contributed by atoms with Gasteiger partial charge in [0.1, 0.15) is 0 Å². The van der Waals surface area contributed by atoms with E-state index in [2.05, 4.69) is 35.1 Å². The van der Waals surface area contributed by atoms with Crippen LogP contribution in [0.25, 0.3) is 0 Å². The molecular formula is C13H17BrN2O. The van der Waals surface area contributed by atoms with E-state index in [4.69, 9.17) is 0 Å². The summed E-state index contributed by atoms with van der Waals surface area (Å²) in [6.07, 6.45) is 0.552. The molecule has 0 aromatic heterocycles. The molecule has 1 N–H and O–H groups in total. The van der Waals surface area contributed by atoms with Crippen LogP contribution in [-0.2, 0) is 4.79 Å². The fourth-order valence-corrected chi connectivity index (χ4v) is 2.61. The fourth-order valence-electron chi connectivity index (χ4n) is 2.23. The van der Waals surface area contributed by atoms with Crippen LogP contribution in [0.1, 0.15) is 20.3 Å². The molecule has 3 nitrogen and oxygen atoms in total. The van der Waals surface area contributed by atoms with Gasteiger partial charge in [0.15, 0.2) is 0 Å². The van der Waals surface area contributed by atoms with E-state index in [0.717, 1.165) is 23.2 Å². The molecule has 1 aliphatic rings. The largest absolute Gasteiger partial charge is 0.314 e. The lowest BCUT2D eigenvalue weighted by Crippen LogP contribution is -2.51. The van der Waals surface area contributed by atoms with E-state index in [1.807, 2.05) is 29.2 Å². The van der Waals surface area contributed by atoms with Crippen LogP contribution in [0.15, 0.2) is 28.7 Å². The third-order valence-electron chi connectivity index (χ3n) is 2.99. The van der Waals surface area contributed by atoms with Gasteiger partial charge >= 0.3 is 0 Å². The number of carbonyl (C=O) groups excluding carboxylic acids is 1. The zero-order valence-corrected chi connectivity index (χ0v) is 11.8. The number of anilines is 1. The molecule has 0 saturated carbocycles. The van der Waals surface area contributed by atoms with Crippen LogP contribution in [0.2, 0.25) is 0 Å². The SMILES string of the molecule is CC1(C)CNCCC(=O)N1c1cccc(Br)c1. The predicted molar refractivity (Wildman–Crippen MR) is 73.2 cm³/mol. The maximum atomic E-state index is 12.2. The van der Waals surface area contributed by atoms with Gasteiger partial charge in [-0.1, -0.05) is 22.0 Å². The first-order valence-corrected chi connectivity index (χ1v) is 6.59. The molecule has 2 rings (SSSR count). The molecule has 0 radical (unpaired) electrons. The lowest BCUT2D eigenvalue weighted by molar-refractivity contribution is -0.119. The van der Waals surface area contributed by atoms with Crippen molar-refractivity contribution in [1.82, 2.24) is 5.32 Å². The van der Waals surface area contributed by atoms with Gasteiger partial charge < -0.3 is 10.2 Å². The van der Waals surface area contributed by atoms with Crippen molar-refractivity contribution in [1.29, 1.82) is 0 Å². The minimum absolute atomic E-state index is 0.179. The third kappa shape index (κ3) is 2.69. The molecule has 17 heavy (non-hydrogen) atoms. The van der Waals surface area contributed by atoms with Crippen molar-refractivity contribution >= 4 is 27.5 Å². The molecule has 1 saturated heterocycles. The number of halogens is 1. The predicted octanol–water partition coefficient (Wildman–Crippen LogP) is 2.55. The highest BCUT2D eigenvalue weighted by Gasteiger charge is 2.33. The Morgan fingerprint density at radius 3 is 2.88 bits per heavy atom. The zero-order valence-electron chi connectivity index (χ0n) is 10.2. The average molecular weight is 297 g/mol. The van der Waals surface area contributed by atoms with Crippen molar-refractivity contribution in [3.8, 4) is 0 Å². The summed E-state index contributed by atoms with van der Waals surface area (Å²) in [5, 5.41) is 3.31. The number of amides is 1. The van der Waals surface area contributed by atoms with Crippen molar-refractivity contribution in [2.24, 2.45) is 0 Å². The smallest absolute Gasteiger partial charge is 0.228 e. The Bertz CT molecular complexity index is 431. The van der Waals surface area contributed by atoms with Gasteiger partial charge in [0, 0.05) is 29.7 Å². The second-order valence-electron chi connectivity index (χ2n) is 4.95. The fraction of sp³-hybridized carbons (Fsp3) is 0.462. The molecule has 1 aromatic carbocycles. The summed E-state index contributed by atoms with van der Waals surface area (Å²) in [5.41, 5.74) is 0.757. The topological polar surface area (TPSA) is 32.3 Å². The summed E-state index contributed by atoms with van der Waals surface area (Å²) in [5.74, 6) is 0.179. The Balaban J connectivity index is 2.41. The molecule has 0 bridgehead atoms. The summed E-state index contributed by atoms with van der Waals surface area (Å²) in [6, 6.07) is 7.90. The van der Waals surface area contributed by atoms with Crippen molar-refractivity contribution in [2.75, 3.05) is 18.0 Å². The van der Waals surface area contributed by atoms with Gasteiger partial charge in [-0.05, 0) is 32.0 Å². The first-order chi connectivity index (χ1) is 8.00. The summed E-state index contributed by atoms with van der Waals surface area (Å²) in [6.45, 7) is 5.74. The molecule has 1 aromatic rings. The van der Waals surface area contributed by atoms with Crippen LogP contribution in [0, 0.1) is 0 Å². The average Bonchev–Trinajstić information content (AvgIpc) is 2.36. The summed E-state index contributed by atoms with van der Waals surface area (Å²) in [7, 11) is 0. The van der Waals surface area contributed by atoms with E-state index in [1.54, 1.807) is 0 Å². The molecule has 1 aliphatic heterocycles. The molecular weight excluding hydrogens is 280 g/mol. The van der Waals surface area contributed by atoms with Crippen LogP contribution in [0.4, 0.5) is 5.69 Å². The Kier molecular flexibility index (Phi) is 3.54. The van der Waals surface area contributed by atoms with Gasteiger partial charge in [-0.3, -0.25) is 4.79 Å². The number of rotatable bonds is 1. The van der Waals surface area contributed by atoms with Crippen molar-refractivity contribution in [3.63, 3.8) is 0 Å². The normalized spacial score (nSPS) is 20.2. The van der Waals surface area contributed by atoms with Crippen LogP contribution in [-0.4, -0.2) is 24.5 Å². The van der Waals surface area contributed by atoms with E-state index in [0.29, 0.717) is 6.42 Å². The van der Waals surface area contributed by atoms with E-state index >= 15 is 0 Å². The highest BCUT2D eigenvalue weighted by atomic mass is 79.9. The molecule has 0 unspecified atom stereocenters. The lowest BCUT2D eigenvalue weighted by atomic mass is 10.0. The number of benzene rings is 1. The van der Waals surface area contributed by atoms with E-state index in [9.17, 15) is 4.79 Å². The highest BCUT2D eigenvalue weighted by Crippen LogP contribution is 2.28. The number of nitrogens with one attached hydrogen (secondary N) is 1. The summed E-state index contributed by atoms with van der Waals surface area (Å²) < 4.78 is 0.996. The van der Waals surface area contributed by atoms with Gasteiger partial charge in [-0.25, -0.2) is 0 Å². The zero-order chi connectivity index (χ0) is 12.5. The monoisotopic (exact) mass is 296 g/mol. The molecule has 0 aliphatic carbocycles. The van der Waals surface area contributed by atoms with Crippen molar-refractivity contribution < 1.29 is 4.79 Å². The summed E-state index contributed by atoms with van der Waals surface area (Å²) in [4.78, 5) is 14.1. The van der Waals surface area contributed by atoms with Gasteiger partial charge in [-0.2, -0.15) is 0 Å². The second-order valence-corrected chi connectivity index (χ2v) is 5.86. The number of hydrogen-bond donors (Lipinski definition) is 1. The molecule has 0 atom stereocenters. The maximum absolute atomic E-state index is 12.2. The molecule has 0 spiro atoms. The Morgan fingerprint density at radius 1 is 1.41 bits per heavy atom. The van der Waals surface area contributed by atoms with Gasteiger partial charge in [0.05, 0.1) is 5.54 Å². The molecule has 92 valence electrons. The summed E-state index contributed by atoms with van der Waals surface area (Å²) >= 11 is 3.45. The standard InChI is InChI=1S/C13H17BrN2O/c1-13(2)9-15-7-6-12(17)16(13)11-5-3-4-10(14)8-11/h3-5,8,15H,6-7,9H2,1-2H3. The van der Waals surface area contributed by atoms with Gasteiger partial charge in [0.2, 0.25) is 5.91 Å². The first-order valence-electron chi connectivity index (χ1n) is 5.80. The van der Waals surface area contributed by atoms with E-state index < -0.39 is 0 Å². The first kappa shape index (κ1) is 12.6. The third-order valence-corrected chi connectivity index (χ3v) is 3.49. The molecule has 1 heterocycles. The van der Waals surface area contributed by atoms with Crippen molar-refractivity contribution in [2.45, 2.75) is 25.8 Å². The number of nitrogens with zero attached hydrogens (tertiary/aromatic N) is 1. The highest BCUT2D eigenvalue weighted by molar-refractivity contribution is 9.10. The quantitative estimate of drug-likeness (QED) is 0.864. The number of hydrogen-bond acceptors (Lipinski definition) is 2. The molecule has 1 fully saturated rings. The van der Waals surface area contributed by atoms with Crippen LogP contribution >= 0.6 is 15.9 Å². The second kappa shape index (κ2) is 4.78. The van der Waals surface area contributed by atoms with Crippen molar-refractivity contribution in [3.05, 3.63) is 28.7 Å². The Hall–Kier alpha value is -0.870. The molecule has 4 heteroatoms. The lowest BCUT2D eigenvalue weighted by Gasteiger charge is -2.37. The van der Waals surface area contributed by atoms with Gasteiger partial charge in [0.25, 0.3) is 0 Å². The Morgan fingerprint density at radius 2 is 2.18 bits per heavy atom. The van der Waals surface area contributed by atoms with E-state index in [-0.39, 0.29) is 11.4 Å². The van der Waals surface area contributed by atoms with Crippen LogP contribution in [0.3, 0.4) is 0 Å². The molecule has 1 amide bonds. The Labute approximate surface area is 110 Å². The van der Waals surface area contributed by atoms with Crippen LogP contribution in [0.5, 0.6) is 0 Å². The van der Waals surface area contributed by atoms with E-state index in [1.165, 1.54) is 0 Å². The van der Waals surface area contributed by atoms with Gasteiger partial charge in [-0.15, -0.1) is 0 Å². The number of carbonyl (C=O) groups is 1.